The maximum absolute atomic E-state index is 11.0. The molecule has 13 heavy (non-hydrogen) atoms. The van der Waals surface area contributed by atoms with E-state index in [1.165, 1.54) is 0 Å². The maximum atomic E-state index is 11.0. The molecule has 0 aliphatic carbocycles. The number of benzene rings is 1. The van der Waals surface area contributed by atoms with E-state index < -0.39 is 5.78 Å². The Labute approximate surface area is 75.6 Å². The minimum absolute atomic E-state index is 0.451. The summed E-state index contributed by atoms with van der Waals surface area (Å²) < 4.78 is 5.27. The van der Waals surface area contributed by atoms with Gasteiger partial charge >= 0.3 is 0 Å². The second-order valence-corrected chi connectivity index (χ2v) is 2.86. The van der Waals surface area contributed by atoms with Gasteiger partial charge in [0.25, 0.3) is 5.78 Å². The molecule has 1 aliphatic heterocycles. The molecule has 0 spiro atoms. The number of fused-ring (bicyclic) bond motifs is 1. The van der Waals surface area contributed by atoms with Crippen LogP contribution in [0.4, 0.5) is 0 Å². The van der Waals surface area contributed by atoms with Crippen LogP contribution in [-0.4, -0.2) is 12.4 Å². The first kappa shape index (κ1) is 7.81. The molecule has 0 saturated heterocycles. The molecule has 0 N–H and O–H groups in total. The number of ether oxygens (including phenoxy) is 1. The molecule has 0 atom stereocenters. The lowest BCUT2D eigenvalue weighted by atomic mass is 10.1. The van der Waals surface area contributed by atoms with Crippen LogP contribution >= 0.6 is 0 Å². The molecule has 1 heterocycles. The Hall–Kier alpha value is -1.82. The molecule has 0 bridgehead atoms. The smallest absolute Gasteiger partial charge is 0.262 e. The summed E-state index contributed by atoms with van der Waals surface area (Å²) in [6.45, 7) is 0.666. The molecule has 0 unspecified atom stereocenters. The highest BCUT2D eigenvalue weighted by Crippen LogP contribution is 2.25. The Bertz CT molecular complexity index is 404. The first-order valence-electron chi connectivity index (χ1n) is 4.01. The zero-order chi connectivity index (χ0) is 9.26. The molecular weight excluding hydrogens is 166 g/mol. The van der Waals surface area contributed by atoms with E-state index in [1.54, 1.807) is 24.3 Å². The number of carbonyl (C=O) groups is 1. The van der Waals surface area contributed by atoms with E-state index in [9.17, 15) is 4.79 Å². The van der Waals surface area contributed by atoms with E-state index in [4.69, 9.17) is 10.00 Å². The lowest BCUT2D eigenvalue weighted by Gasteiger charge is -1.98. The Kier molecular flexibility index (Phi) is 1.75. The molecule has 3 nitrogen and oxygen atoms in total. The standard InChI is InChI=1S/C10H7NO2/c11-6-9(12)7-1-2-10-8(5-7)3-4-13-10/h1-2,5H,3-4H2. The van der Waals surface area contributed by atoms with Crippen LogP contribution in [0.2, 0.25) is 0 Å². The lowest BCUT2D eigenvalue weighted by molar-refractivity contribution is 0.105. The van der Waals surface area contributed by atoms with Crippen molar-refractivity contribution in [1.29, 1.82) is 5.26 Å². The molecule has 0 fully saturated rings. The Morgan fingerprint density at radius 2 is 2.38 bits per heavy atom. The number of hydrogen-bond donors (Lipinski definition) is 0. The van der Waals surface area contributed by atoms with Crippen molar-refractivity contribution in [1.82, 2.24) is 0 Å². The fourth-order valence-electron chi connectivity index (χ4n) is 1.39. The first-order chi connectivity index (χ1) is 6.31. The number of rotatable bonds is 1. The zero-order valence-corrected chi connectivity index (χ0v) is 6.91. The van der Waals surface area contributed by atoms with Crippen LogP contribution < -0.4 is 4.74 Å². The van der Waals surface area contributed by atoms with E-state index >= 15 is 0 Å². The zero-order valence-electron chi connectivity index (χ0n) is 6.91. The average molecular weight is 173 g/mol. The van der Waals surface area contributed by atoms with Gasteiger partial charge in [-0.1, -0.05) is 0 Å². The van der Waals surface area contributed by atoms with Crippen molar-refractivity contribution in [3.63, 3.8) is 0 Å². The minimum Gasteiger partial charge on any atom is -0.493 e. The number of nitriles is 1. The highest BCUT2D eigenvalue weighted by atomic mass is 16.5. The predicted octanol–water partition coefficient (Wildman–Crippen LogP) is 1.33. The van der Waals surface area contributed by atoms with Crippen molar-refractivity contribution >= 4 is 5.78 Å². The summed E-state index contributed by atoms with van der Waals surface area (Å²) >= 11 is 0. The molecule has 1 aromatic carbocycles. The van der Waals surface area contributed by atoms with Gasteiger partial charge < -0.3 is 4.74 Å². The maximum Gasteiger partial charge on any atom is 0.262 e. The van der Waals surface area contributed by atoms with Crippen molar-refractivity contribution in [3.8, 4) is 11.8 Å². The molecule has 1 aromatic rings. The lowest BCUT2D eigenvalue weighted by Crippen LogP contribution is -1.94. The quantitative estimate of drug-likeness (QED) is 0.475. The number of ketones is 1. The van der Waals surface area contributed by atoms with Crippen LogP contribution in [0.25, 0.3) is 0 Å². The van der Waals surface area contributed by atoms with Gasteiger partial charge in [0.1, 0.15) is 11.8 Å². The topological polar surface area (TPSA) is 50.1 Å². The minimum atomic E-state index is -0.491. The van der Waals surface area contributed by atoms with Crippen LogP contribution in [0.1, 0.15) is 15.9 Å². The third-order valence-electron chi connectivity index (χ3n) is 2.05. The fourth-order valence-corrected chi connectivity index (χ4v) is 1.39. The summed E-state index contributed by atoms with van der Waals surface area (Å²) in [5, 5.41) is 8.41. The number of nitrogens with zero attached hydrogens (tertiary/aromatic N) is 1. The van der Waals surface area contributed by atoms with Gasteiger partial charge in [0.15, 0.2) is 0 Å². The van der Waals surface area contributed by atoms with Crippen molar-refractivity contribution in [3.05, 3.63) is 29.3 Å². The first-order valence-corrected chi connectivity index (χ1v) is 4.01. The third kappa shape index (κ3) is 1.27. The largest absolute Gasteiger partial charge is 0.493 e. The Morgan fingerprint density at radius 1 is 1.54 bits per heavy atom. The van der Waals surface area contributed by atoms with Gasteiger partial charge in [-0.25, -0.2) is 0 Å². The highest BCUT2D eigenvalue weighted by molar-refractivity contribution is 6.07. The van der Waals surface area contributed by atoms with Crippen LogP contribution in [0.15, 0.2) is 18.2 Å². The molecule has 1 aliphatic rings. The number of carbonyl (C=O) groups excluding carboxylic acids is 1. The van der Waals surface area contributed by atoms with Crippen molar-refractivity contribution in [2.75, 3.05) is 6.61 Å². The van der Waals surface area contributed by atoms with Crippen molar-refractivity contribution in [2.45, 2.75) is 6.42 Å². The van der Waals surface area contributed by atoms with Gasteiger partial charge in [-0.15, -0.1) is 0 Å². The monoisotopic (exact) mass is 173 g/mol. The predicted molar refractivity (Wildman–Crippen MR) is 45.6 cm³/mol. The van der Waals surface area contributed by atoms with Gasteiger partial charge in [-0.05, 0) is 23.8 Å². The molecule has 2 rings (SSSR count). The van der Waals surface area contributed by atoms with E-state index in [-0.39, 0.29) is 0 Å². The molecule has 0 radical (unpaired) electrons. The van der Waals surface area contributed by atoms with Gasteiger partial charge in [0.05, 0.1) is 6.61 Å². The van der Waals surface area contributed by atoms with E-state index in [2.05, 4.69) is 0 Å². The summed E-state index contributed by atoms with van der Waals surface area (Å²) in [7, 11) is 0. The van der Waals surface area contributed by atoms with Crippen LogP contribution in [0.5, 0.6) is 5.75 Å². The number of Topliss-reactive ketones (excluding diaryl/α,β-unsaturated/α-hetero) is 1. The summed E-state index contributed by atoms with van der Waals surface area (Å²) in [6.07, 6.45) is 0.821. The van der Waals surface area contributed by atoms with Gasteiger partial charge in [-0.3, -0.25) is 4.79 Å². The molecule has 64 valence electrons. The normalized spacial score (nSPS) is 12.8. The summed E-state index contributed by atoms with van der Waals surface area (Å²) in [6, 6.07) is 6.69. The van der Waals surface area contributed by atoms with Gasteiger partial charge in [-0.2, -0.15) is 5.26 Å². The number of hydrogen-bond acceptors (Lipinski definition) is 3. The molecule has 0 aromatic heterocycles. The Balaban J connectivity index is 2.43. The summed E-state index contributed by atoms with van der Waals surface area (Å²) in [4.78, 5) is 11.0. The van der Waals surface area contributed by atoms with Crippen LogP contribution in [0, 0.1) is 11.3 Å². The van der Waals surface area contributed by atoms with E-state index in [1.807, 2.05) is 0 Å². The van der Waals surface area contributed by atoms with Crippen LogP contribution in [-0.2, 0) is 6.42 Å². The van der Waals surface area contributed by atoms with Crippen molar-refractivity contribution in [2.24, 2.45) is 0 Å². The van der Waals surface area contributed by atoms with Gasteiger partial charge in [0.2, 0.25) is 0 Å². The van der Waals surface area contributed by atoms with E-state index in [0.29, 0.717) is 12.2 Å². The molecule has 0 saturated carbocycles. The van der Waals surface area contributed by atoms with Crippen molar-refractivity contribution < 1.29 is 9.53 Å². The SMILES string of the molecule is N#CC(=O)c1ccc2c(c1)CCO2. The molecule has 0 amide bonds. The average Bonchev–Trinajstić information content (AvgIpc) is 2.63. The van der Waals surface area contributed by atoms with Gasteiger partial charge in [0, 0.05) is 12.0 Å². The fraction of sp³-hybridized carbons (Fsp3) is 0.200. The third-order valence-corrected chi connectivity index (χ3v) is 2.05. The van der Waals surface area contributed by atoms with Crippen LogP contribution in [0.3, 0.4) is 0 Å². The second kappa shape index (κ2) is 2.91. The van der Waals surface area contributed by atoms with E-state index in [0.717, 1.165) is 17.7 Å². The Morgan fingerprint density at radius 3 is 3.15 bits per heavy atom. The second-order valence-electron chi connectivity index (χ2n) is 2.86. The summed E-state index contributed by atoms with van der Waals surface area (Å²) in [5.41, 5.74) is 1.47. The highest BCUT2D eigenvalue weighted by Gasteiger charge is 2.14. The molecular formula is C10H7NO2. The molecule has 3 heteroatoms. The summed E-state index contributed by atoms with van der Waals surface area (Å²) in [5.74, 6) is 0.337.